The van der Waals surface area contributed by atoms with Gasteiger partial charge in [0.25, 0.3) is 0 Å². The predicted molar refractivity (Wildman–Crippen MR) is 46.5 cm³/mol. The van der Waals surface area contributed by atoms with E-state index in [1.165, 1.54) is 0 Å². The smallest absolute Gasteiger partial charge is 0.306 e. The Hall–Kier alpha value is -1.32. The van der Waals surface area contributed by atoms with Crippen LogP contribution in [0.2, 0.25) is 0 Å². The maximum Gasteiger partial charge on any atom is 0.306 e. The van der Waals surface area contributed by atoms with Gasteiger partial charge in [-0.05, 0) is 31.7 Å². The lowest BCUT2D eigenvalue weighted by Crippen LogP contribution is -2.22. The number of nitrogens with one attached hydrogen (secondary N) is 1. The van der Waals surface area contributed by atoms with E-state index in [2.05, 4.69) is 10.2 Å². The molecule has 13 heavy (non-hydrogen) atoms. The van der Waals surface area contributed by atoms with E-state index in [1.807, 2.05) is 6.92 Å². The van der Waals surface area contributed by atoms with Crippen molar-refractivity contribution in [3.8, 4) is 0 Å². The Bertz CT molecular complexity index is 343. The maximum atomic E-state index is 10.8. The van der Waals surface area contributed by atoms with Crippen LogP contribution in [0.15, 0.2) is 0 Å². The Morgan fingerprint density at radius 1 is 1.69 bits per heavy atom. The van der Waals surface area contributed by atoms with Gasteiger partial charge in [-0.1, -0.05) is 0 Å². The number of hydrogen-bond acceptors (Lipinski definition) is 2. The molecule has 4 nitrogen and oxygen atoms in total. The first kappa shape index (κ1) is 8.29. The number of aromatic amines is 1. The van der Waals surface area contributed by atoms with Crippen LogP contribution in [-0.2, 0) is 17.6 Å². The SMILES string of the molecule is Cc1n[nH]c2c1CC(C(=O)O)CC2. The third-order valence-corrected chi connectivity index (χ3v) is 2.70. The number of carboxylic acid groups (broad SMARTS) is 1. The van der Waals surface area contributed by atoms with Crippen LogP contribution in [0.1, 0.15) is 23.4 Å². The minimum Gasteiger partial charge on any atom is -0.481 e. The van der Waals surface area contributed by atoms with Crippen molar-refractivity contribution in [2.45, 2.75) is 26.2 Å². The Labute approximate surface area is 76.0 Å². The molecule has 0 radical (unpaired) electrons. The molecule has 70 valence electrons. The largest absolute Gasteiger partial charge is 0.481 e. The minimum atomic E-state index is -0.689. The number of nitrogens with zero attached hydrogens (tertiary/aromatic N) is 1. The minimum absolute atomic E-state index is 0.219. The molecule has 0 fully saturated rings. The number of aromatic nitrogens is 2. The van der Waals surface area contributed by atoms with E-state index in [1.54, 1.807) is 0 Å². The van der Waals surface area contributed by atoms with Gasteiger partial charge in [0.1, 0.15) is 0 Å². The van der Waals surface area contributed by atoms with Gasteiger partial charge >= 0.3 is 5.97 Å². The molecule has 0 saturated carbocycles. The first-order chi connectivity index (χ1) is 6.18. The molecule has 1 heterocycles. The van der Waals surface area contributed by atoms with Crippen molar-refractivity contribution < 1.29 is 9.90 Å². The van der Waals surface area contributed by atoms with E-state index in [4.69, 9.17) is 5.11 Å². The average Bonchev–Trinajstić information content (AvgIpc) is 2.47. The lowest BCUT2D eigenvalue weighted by molar-refractivity contribution is -0.142. The Morgan fingerprint density at radius 2 is 2.46 bits per heavy atom. The first-order valence-electron chi connectivity index (χ1n) is 4.44. The van der Waals surface area contributed by atoms with Gasteiger partial charge in [-0.2, -0.15) is 5.10 Å². The highest BCUT2D eigenvalue weighted by molar-refractivity contribution is 5.71. The number of aliphatic carboxylic acids is 1. The average molecular weight is 180 g/mol. The summed E-state index contributed by atoms with van der Waals surface area (Å²) >= 11 is 0. The summed E-state index contributed by atoms with van der Waals surface area (Å²) in [5.41, 5.74) is 3.18. The van der Waals surface area contributed by atoms with E-state index in [0.717, 1.165) is 29.8 Å². The Balaban J connectivity index is 2.27. The number of fused-ring (bicyclic) bond motifs is 1. The molecule has 1 aromatic rings. The van der Waals surface area contributed by atoms with E-state index < -0.39 is 5.97 Å². The fraction of sp³-hybridized carbons (Fsp3) is 0.556. The predicted octanol–water partition coefficient (Wildman–Crippen LogP) is 0.908. The van der Waals surface area contributed by atoms with Crippen LogP contribution >= 0.6 is 0 Å². The number of carbonyl (C=O) groups is 1. The molecule has 0 aromatic carbocycles. The molecule has 0 aliphatic heterocycles. The quantitative estimate of drug-likeness (QED) is 0.675. The lowest BCUT2D eigenvalue weighted by atomic mass is 9.87. The van der Waals surface area contributed by atoms with E-state index in [9.17, 15) is 4.79 Å². The fourth-order valence-corrected chi connectivity index (χ4v) is 1.86. The number of rotatable bonds is 1. The van der Waals surface area contributed by atoms with Crippen LogP contribution < -0.4 is 0 Å². The van der Waals surface area contributed by atoms with E-state index in [-0.39, 0.29) is 5.92 Å². The first-order valence-corrected chi connectivity index (χ1v) is 4.44. The van der Waals surface area contributed by atoms with Crippen molar-refractivity contribution in [3.05, 3.63) is 17.0 Å². The molecule has 1 atom stereocenters. The number of carboxylic acids is 1. The second kappa shape index (κ2) is 2.87. The molecule has 2 rings (SSSR count). The lowest BCUT2D eigenvalue weighted by Gasteiger charge is -2.17. The summed E-state index contributed by atoms with van der Waals surface area (Å²) in [5, 5.41) is 15.9. The zero-order valence-corrected chi connectivity index (χ0v) is 7.50. The van der Waals surface area contributed by atoms with Gasteiger partial charge in [0, 0.05) is 5.69 Å². The Kier molecular flexibility index (Phi) is 1.83. The van der Waals surface area contributed by atoms with Crippen molar-refractivity contribution >= 4 is 5.97 Å². The summed E-state index contributed by atoms with van der Waals surface area (Å²) in [5.74, 6) is -0.907. The monoisotopic (exact) mass is 180 g/mol. The topological polar surface area (TPSA) is 66.0 Å². The second-order valence-corrected chi connectivity index (χ2v) is 3.54. The zero-order valence-electron chi connectivity index (χ0n) is 7.50. The summed E-state index contributed by atoms with van der Waals surface area (Å²) in [6.45, 7) is 1.92. The third kappa shape index (κ3) is 1.32. The highest BCUT2D eigenvalue weighted by atomic mass is 16.4. The molecular formula is C9H12N2O2. The van der Waals surface area contributed by atoms with Crippen LogP contribution in [0.5, 0.6) is 0 Å². The van der Waals surface area contributed by atoms with Crippen molar-refractivity contribution in [2.24, 2.45) is 5.92 Å². The van der Waals surface area contributed by atoms with Gasteiger partial charge in [0.2, 0.25) is 0 Å². The number of H-pyrrole nitrogens is 1. The van der Waals surface area contributed by atoms with Gasteiger partial charge in [-0.25, -0.2) is 0 Å². The third-order valence-electron chi connectivity index (χ3n) is 2.70. The molecule has 4 heteroatoms. The summed E-state index contributed by atoms with van der Waals surface area (Å²) in [6.07, 6.45) is 2.17. The van der Waals surface area contributed by atoms with E-state index in [0.29, 0.717) is 6.42 Å². The van der Waals surface area contributed by atoms with Crippen molar-refractivity contribution in [1.29, 1.82) is 0 Å². The molecule has 0 bridgehead atoms. The molecular weight excluding hydrogens is 168 g/mol. The normalized spacial score (nSPS) is 21.2. The summed E-state index contributed by atoms with van der Waals surface area (Å²) in [6, 6.07) is 0. The molecule has 0 spiro atoms. The van der Waals surface area contributed by atoms with Crippen LogP contribution in [-0.4, -0.2) is 21.3 Å². The highest BCUT2D eigenvalue weighted by Crippen LogP contribution is 2.25. The van der Waals surface area contributed by atoms with Gasteiger partial charge in [0.05, 0.1) is 11.6 Å². The van der Waals surface area contributed by atoms with Gasteiger partial charge < -0.3 is 5.11 Å². The molecule has 1 aromatic heterocycles. The van der Waals surface area contributed by atoms with Gasteiger partial charge in [-0.15, -0.1) is 0 Å². The Morgan fingerprint density at radius 3 is 3.15 bits per heavy atom. The fourth-order valence-electron chi connectivity index (χ4n) is 1.86. The van der Waals surface area contributed by atoms with Crippen LogP contribution in [0.3, 0.4) is 0 Å². The molecule has 1 aliphatic carbocycles. The molecule has 1 unspecified atom stereocenters. The van der Waals surface area contributed by atoms with Crippen molar-refractivity contribution in [3.63, 3.8) is 0 Å². The summed E-state index contributed by atoms with van der Waals surface area (Å²) in [4.78, 5) is 10.8. The summed E-state index contributed by atoms with van der Waals surface area (Å²) < 4.78 is 0. The van der Waals surface area contributed by atoms with Crippen molar-refractivity contribution in [1.82, 2.24) is 10.2 Å². The summed E-state index contributed by atoms with van der Waals surface area (Å²) in [7, 11) is 0. The standard InChI is InChI=1S/C9H12N2O2/c1-5-7-4-6(9(12)13)2-3-8(7)11-10-5/h6H,2-4H2,1H3,(H,10,11)(H,12,13). The molecule has 0 amide bonds. The molecule has 2 N–H and O–H groups in total. The number of hydrogen-bond donors (Lipinski definition) is 2. The number of aryl methyl sites for hydroxylation is 2. The molecule has 0 saturated heterocycles. The van der Waals surface area contributed by atoms with Gasteiger partial charge in [-0.3, -0.25) is 9.89 Å². The van der Waals surface area contributed by atoms with Gasteiger partial charge in [0.15, 0.2) is 0 Å². The van der Waals surface area contributed by atoms with Crippen LogP contribution in [0.4, 0.5) is 0 Å². The second-order valence-electron chi connectivity index (χ2n) is 3.54. The van der Waals surface area contributed by atoms with Crippen LogP contribution in [0.25, 0.3) is 0 Å². The highest BCUT2D eigenvalue weighted by Gasteiger charge is 2.26. The van der Waals surface area contributed by atoms with E-state index >= 15 is 0 Å². The maximum absolute atomic E-state index is 10.8. The molecule has 1 aliphatic rings. The van der Waals surface area contributed by atoms with Crippen molar-refractivity contribution in [2.75, 3.05) is 0 Å². The zero-order chi connectivity index (χ0) is 9.42. The van der Waals surface area contributed by atoms with Crippen LogP contribution in [0, 0.1) is 12.8 Å².